The molecule has 1 fully saturated rings. The summed E-state index contributed by atoms with van der Waals surface area (Å²) in [6.07, 6.45) is -2.05. The first-order valence-electron chi connectivity index (χ1n) is 8.64. The number of esters is 1. The zero-order chi connectivity index (χ0) is 22.1. The maximum atomic E-state index is 11.6. The number of nitrogen functional groups attached to an aromatic ring is 1. The van der Waals surface area contributed by atoms with Gasteiger partial charge in [-0.1, -0.05) is 0 Å². The van der Waals surface area contributed by atoms with Crippen LogP contribution in [-0.2, 0) is 35.7 Å². The van der Waals surface area contributed by atoms with Crippen molar-refractivity contribution in [3.8, 4) is 0 Å². The third-order valence-electron chi connectivity index (χ3n) is 4.45. The van der Waals surface area contributed by atoms with Crippen molar-refractivity contribution in [2.75, 3.05) is 24.4 Å². The van der Waals surface area contributed by atoms with Gasteiger partial charge in [-0.3, -0.25) is 4.79 Å². The lowest BCUT2D eigenvalue weighted by Gasteiger charge is -2.29. The summed E-state index contributed by atoms with van der Waals surface area (Å²) in [5.74, 6) is 5.14. The van der Waals surface area contributed by atoms with Crippen molar-refractivity contribution in [2.24, 2.45) is 5.90 Å². The number of fused-ring (bicyclic) bond motifs is 1. The number of hydrogen-bond acceptors (Lipinski definition) is 15. The molecule has 1 aromatic heterocycles. The third-order valence-corrected chi connectivity index (χ3v) is 6.81. The molecule has 16 heteroatoms. The zero-order valence-electron chi connectivity index (χ0n) is 16.0. The van der Waals surface area contributed by atoms with Crippen molar-refractivity contribution >= 4 is 48.9 Å². The van der Waals surface area contributed by atoms with Gasteiger partial charge >= 0.3 is 5.97 Å². The molecule has 0 aromatic carbocycles. The summed E-state index contributed by atoms with van der Waals surface area (Å²) in [7, 11) is -2.10. The molecular weight excluding hydrogens is 441 g/mol. The van der Waals surface area contributed by atoms with Crippen LogP contribution in [0.2, 0.25) is 0 Å². The number of anilines is 2. The Morgan fingerprint density at radius 2 is 2.23 bits per heavy atom. The lowest BCUT2D eigenvalue weighted by atomic mass is 10.1. The molecule has 1 aromatic rings. The first kappa shape index (κ1) is 23.0. The number of aliphatic hydroxyl groups is 2. The molecule has 0 aliphatic carbocycles. The van der Waals surface area contributed by atoms with Gasteiger partial charge in [-0.15, -0.1) is 9.71 Å². The second-order valence-electron chi connectivity index (χ2n) is 6.40. The van der Waals surface area contributed by atoms with Gasteiger partial charge < -0.3 is 37.7 Å². The van der Waals surface area contributed by atoms with Crippen molar-refractivity contribution in [3.05, 3.63) is 6.33 Å². The normalized spacial score (nSPS) is 28.3. The molecule has 1 radical (unpaired) electrons. The highest BCUT2D eigenvalue weighted by Crippen LogP contribution is 2.54. The average molecular weight is 463 g/mol. The van der Waals surface area contributed by atoms with Gasteiger partial charge in [0.2, 0.25) is 6.23 Å². The van der Waals surface area contributed by atoms with Crippen molar-refractivity contribution < 1.29 is 33.6 Å². The molecule has 0 amide bonds. The number of nitrogens with zero attached hydrogens (tertiary/aromatic N) is 4. The molecule has 165 valence electrons. The van der Waals surface area contributed by atoms with Crippen LogP contribution >= 0.6 is 7.07 Å². The highest BCUT2D eigenvalue weighted by atomic mass is 32.7. The minimum Gasteiger partial charge on any atom is -0.470 e. The standard InChI is InChI=1S/C14H22N7O7PS/c1-6(14(24)25-2)20-29(30,28-16)26-3-7-9(22)10(23)13(27-7)21-5-19-8-11(15)17-4-18-12(8)21/h4-7,9-10,13,22-23H,3,16H2,1-2H3,(H,20,30)(H2,15,17,18)/q+1/t6?,7-,9-,10-,13-,29?/m1/s1. The lowest BCUT2D eigenvalue weighted by Crippen LogP contribution is -2.43. The molecule has 7 N–H and O–H groups in total. The van der Waals surface area contributed by atoms with Gasteiger partial charge in [0.25, 0.3) is 24.9 Å². The quantitative estimate of drug-likeness (QED) is 0.118. The lowest BCUT2D eigenvalue weighted by molar-refractivity contribution is -0.142. The van der Waals surface area contributed by atoms with Crippen LogP contribution in [0.5, 0.6) is 0 Å². The van der Waals surface area contributed by atoms with Crippen LogP contribution in [0.3, 0.4) is 0 Å². The Hall–Kier alpha value is -1.68. The first-order chi connectivity index (χ1) is 14.2. The van der Waals surface area contributed by atoms with Crippen molar-refractivity contribution in [3.63, 3.8) is 0 Å². The second-order valence-corrected chi connectivity index (χ2v) is 9.57. The van der Waals surface area contributed by atoms with Gasteiger partial charge in [0.1, 0.15) is 37.3 Å². The number of nitrogens with two attached hydrogens (primary N) is 2. The molecule has 1 saturated heterocycles. The van der Waals surface area contributed by atoms with E-state index in [0.717, 1.165) is 0 Å². The number of aliphatic hydroxyl groups excluding tert-OH is 2. The fourth-order valence-electron chi connectivity index (χ4n) is 2.89. The van der Waals surface area contributed by atoms with Gasteiger partial charge in [0.05, 0.1) is 7.11 Å². The van der Waals surface area contributed by atoms with E-state index in [1.54, 1.807) is 0 Å². The highest BCUT2D eigenvalue weighted by Gasteiger charge is 2.52. The number of methoxy groups -OCH3 is 1. The molecule has 0 bridgehead atoms. The van der Waals surface area contributed by atoms with Crippen LogP contribution in [0.25, 0.3) is 0 Å². The maximum absolute atomic E-state index is 11.6. The van der Waals surface area contributed by atoms with Gasteiger partial charge in [0, 0.05) is 0 Å². The number of aromatic nitrogens is 2. The minimum atomic E-state index is -3.32. The molecule has 3 rings (SSSR count). The van der Waals surface area contributed by atoms with Gasteiger partial charge in [0.15, 0.2) is 5.82 Å². The van der Waals surface area contributed by atoms with E-state index in [1.165, 1.54) is 31.6 Å². The van der Waals surface area contributed by atoms with Crippen molar-refractivity contribution in [2.45, 2.75) is 37.5 Å². The number of carbonyl (C=O) groups is 1. The number of ether oxygens (including phenoxy) is 2. The molecule has 2 aliphatic heterocycles. The zero-order valence-corrected chi connectivity index (χ0v) is 17.7. The SMILES string of the molecule is COC(=O)C(C)N[P+]([S-])(ON)OC[C@H]1O[C@@H](N2C=[N+]c3c(N)ncnc32)[C@H](O)[C@@H]1O. The smallest absolute Gasteiger partial charge is 0.326 e. The van der Waals surface area contributed by atoms with Crippen LogP contribution in [0, 0.1) is 0 Å². The fraction of sp³-hybridized carbons (Fsp3) is 0.571. The third kappa shape index (κ3) is 4.49. The average Bonchev–Trinajstić information content (AvgIpc) is 3.28. The summed E-state index contributed by atoms with van der Waals surface area (Å²) in [6, 6.07) is -0.848. The Bertz CT molecular complexity index is 823. The monoisotopic (exact) mass is 463 g/mol. The Morgan fingerprint density at radius 1 is 1.50 bits per heavy atom. The molecule has 0 spiro atoms. The number of carbonyl (C=O) groups excluding carboxylic acids is 1. The molecule has 3 heterocycles. The summed E-state index contributed by atoms with van der Waals surface area (Å²) in [4.78, 5) is 25.1. The maximum Gasteiger partial charge on any atom is 0.326 e. The Balaban J connectivity index is 1.66. The number of aliphatic imine (C=N–C) groups is 1. The Morgan fingerprint density at radius 3 is 2.90 bits per heavy atom. The van der Waals surface area contributed by atoms with Crippen LogP contribution in [-0.4, -0.2) is 76.8 Å². The minimum absolute atomic E-state index is 0.165. The summed E-state index contributed by atoms with van der Waals surface area (Å²) in [6.45, 7) is 1.21. The predicted octanol–water partition coefficient (Wildman–Crippen LogP) is -2.40. The van der Waals surface area contributed by atoms with E-state index in [1.807, 2.05) is 0 Å². The largest absolute Gasteiger partial charge is 0.470 e. The van der Waals surface area contributed by atoms with E-state index in [0.29, 0.717) is 11.5 Å². The Kier molecular flexibility index (Phi) is 7.06. The van der Waals surface area contributed by atoms with E-state index in [9.17, 15) is 15.0 Å². The second kappa shape index (κ2) is 9.21. The predicted molar refractivity (Wildman–Crippen MR) is 108 cm³/mol. The molecule has 6 atom stereocenters. The van der Waals surface area contributed by atoms with E-state index in [-0.39, 0.29) is 12.4 Å². The highest BCUT2D eigenvalue weighted by molar-refractivity contribution is 8.37. The number of rotatable bonds is 8. The molecule has 14 nitrogen and oxygen atoms in total. The summed E-state index contributed by atoms with van der Waals surface area (Å²) in [5, 5.41) is 23.5. The van der Waals surface area contributed by atoms with Crippen LogP contribution in [0.15, 0.2) is 6.33 Å². The summed E-state index contributed by atoms with van der Waals surface area (Å²) < 4.78 is 20.6. The van der Waals surface area contributed by atoms with E-state index in [2.05, 4.69) is 24.8 Å². The number of hydrogen-bond donors (Lipinski definition) is 5. The van der Waals surface area contributed by atoms with Crippen LogP contribution in [0.4, 0.5) is 17.3 Å². The fourth-order valence-corrected chi connectivity index (χ4v) is 4.67. The van der Waals surface area contributed by atoms with Crippen molar-refractivity contribution in [1.82, 2.24) is 20.0 Å². The van der Waals surface area contributed by atoms with Crippen LogP contribution < -0.4 is 26.6 Å². The topological polar surface area (TPSA) is 202 Å². The summed E-state index contributed by atoms with van der Waals surface area (Å²) in [5.41, 5.74) is 6.10. The Labute approximate surface area is 177 Å². The van der Waals surface area contributed by atoms with Crippen molar-refractivity contribution in [1.29, 1.82) is 0 Å². The first-order valence-corrected chi connectivity index (χ1v) is 11.3. The van der Waals surface area contributed by atoms with E-state index >= 15 is 0 Å². The molecule has 30 heavy (non-hydrogen) atoms. The summed E-state index contributed by atoms with van der Waals surface area (Å²) >= 11 is 5.21. The molecular formula is C14H22N7O7PS+. The molecule has 2 aliphatic rings. The molecule has 0 saturated carbocycles. The van der Waals surface area contributed by atoms with Gasteiger partial charge in [-0.05, 0) is 11.9 Å². The van der Waals surface area contributed by atoms with Gasteiger partial charge in [-0.2, -0.15) is 15.8 Å². The van der Waals surface area contributed by atoms with E-state index < -0.39 is 43.6 Å². The number of nitrogens with one attached hydrogen (secondary N) is 1. The van der Waals surface area contributed by atoms with Crippen LogP contribution in [0.1, 0.15) is 6.92 Å². The molecule has 2 unspecified atom stereocenters. The van der Waals surface area contributed by atoms with Gasteiger partial charge in [-0.25, -0.2) is 9.51 Å². The van der Waals surface area contributed by atoms with E-state index in [4.69, 9.17) is 37.8 Å².